The lowest BCUT2D eigenvalue weighted by Crippen LogP contribution is -2.34. The molecule has 0 aliphatic heterocycles. The molecule has 0 spiro atoms. The Morgan fingerprint density at radius 2 is 1.52 bits per heavy atom. The molecular weight excluding hydrogens is 266 g/mol. The third-order valence-electron chi connectivity index (χ3n) is 3.64. The van der Waals surface area contributed by atoms with Gasteiger partial charge in [-0.2, -0.15) is 0 Å². The highest BCUT2D eigenvalue weighted by Gasteiger charge is 2.28. The van der Waals surface area contributed by atoms with Gasteiger partial charge in [0.1, 0.15) is 17.2 Å². The lowest BCUT2D eigenvalue weighted by molar-refractivity contribution is 0.383. The van der Waals surface area contributed by atoms with Crippen LogP contribution in [-0.4, -0.2) is 21.3 Å². The Hall–Kier alpha value is -2.20. The monoisotopic (exact) mass is 287 g/mol. The summed E-state index contributed by atoms with van der Waals surface area (Å²) in [4.78, 5) is 0. The maximum atomic E-state index is 6.57. The lowest BCUT2D eigenvalue weighted by Gasteiger charge is -2.28. The van der Waals surface area contributed by atoms with Crippen LogP contribution in [0, 0.1) is 0 Å². The van der Waals surface area contributed by atoms with Crippen molar-refractivity contribution in [2.45, 2.75) is 12.5 Å². The van der Waals surface area contributed by atoms with Crippen molar-refractivity contribution in [2.24, 2.45) is 5.73 Å². The van der Waals surface area contributed by atoms with Crippen LogP contribution in [0.5, 0.6) is 17.2 Å². The second-order valence-electron chi connectivity index (χ2n) is 5.00. The van der Waals surface area contributed by atoms with Gasteiger partial charge in [-0.15, -0.1) is 0 Å². The second-order valence-corrected chi connectivity index (χ2v) is 5.00. The van der Waals surface area contributed by atoms with Gasteiger partial charge in [0.25, 0.3) is 0 Å². The van der Waals surface area contributed by atoms with Gasteiger partial charge < -0.3 is 19.9 Å². The van der Waals surface area contributed by atoms with Crippen LogP contribution >= 0.6 is 0 Å². The van der Waals surface area contributed by atoms with Crippen LogP contribution in [0.2, 0.25) is 0 Å². The molecule has 0 radical (unpaired) electrons. The summed E-state index contributed by atoms with van der Waals surface area (Å²) in [5, 5.41) is 0. The summed E-state index contributed by atoms with van der Waals surface area (Å²) in [7, 11) is 4.89. The Morgan fingerprint density at radius 3 is 2.14 bits per heavy atom. The Bertz CT molecular complexity index is 623. The molecule has 2 aromatic carbocycles. The van der Waals surface area contributed by atoms with Gasteiger partial charge in [0.15, 0.2) is 0 Å². The van der Waals surface area contributed by atoms with Crippen molar-refractivity contribution in [3.05, 3.63) is 53.6 Å². The largest absolute Gasteiger partial charge is 0.497 e. The Kier molecular flexibility index (Phi) is 4.38. The van der Waals surface area contributed by atoms with Gasteiger partial charge in [-0.3, -0.25) is 0 Å². The highest BCUT2D eigenvalue weighted by atomic mass is 16.5. The van der Waals surface area contributed by atoms with Gasteiger partial charge >= 0.3 is 0 Å². The van der Waals surface area contributed by atoms with Gasteiger partial charge in [-0.05, 0) is 36.8 Å². The fraction of sp³-hybridized carbons (Fsp3) is 0.294. The molecule has 1 unspecified atom stereocenters. The molecule has 21 heavy (non-hydrogen) atoms. The first kappa shape index (κ1) is 15.2. The molecule has 0 saturated heterocycles. The molecule has 4 heteroatoms. The summed E-state index contributed by atoms with van der Waals surface area (Å²) in [6, 6.07) is 13.4. The maximum Gasteiger partial charge on any atom is 0.127 e. The molecule has 2 aromatic rings. The first-order valence-corrected chi connectivity index (χ1v) is 6.69. The van der Waals surface area contributed by atoms with Gasteiger partial charge in [-0.25, -0.2) is 0 Å². The standard InChI is InChI=1S/C17H21NO3/c1-17(18,12-6-5-7-13(10-12)19-2)15-9-8-14(20-3)11-16(15)21-4/h5-11H,18H2,1-4H3. The number of hydrogen-bond donors (Lipinski definition) is 1. The molecule has 2 N–H and O–H groups in total. The van der Waals surface area contributed by atoms with E-state index in [4.69, 9.17) is 19.9 Å². The van der Waals surface area contributed by atoms with E-state index in [1.807, 2.05) is 49.4 Å². The Balaban J connectivity index is 2.51. The van der Waals surface area contributed by atoms with E-state index >= 15 is 0 Å². The smallest absolute Gasteiger partial charge is 0.127 e. The van der Waals surface area contributed by atoms with Crippen molar-refractivity contribution < 1.29 is 14.2 Å². The zero-order valence-corrected chi connectivity index (χ0v) is 12.8. The second kappa shape index (κ2) is 6.06. The molecule has 0 aliphatic carbocycles. The number of ether oxygens (including phenoxy) is 3. The van der Waals surface area contributed by atoms with Gasteiger partial charge in [0, 0.05) is 11.6 Å². The summed E-state index contributed by atoms with van der Waals surface area (Å²) < 4.78 is 16.0. The van der Waals surface area contributed by atoms with Crippen molar-refractivity contribution in [3.8, 4) is 17.2 Å². The van der Waals surface area contributed by atoms with Crippen LogP contribution in [-0.2, 0) is 5.54 Å². The Morgan fingerprint density at radius 1 is 0.857 bits per heavy atom. The minimum atomic E-state index is -0.702. The van der Waals surface area contributed by atoms with E-state index in [1.165, 1.54) is 0 Å². The molecule has 0 saturated carbocycles. The molecule has 0 aromatic heterocycles. The number of benzene rings is 2. The summed E-state index contributed by atoms with van der Waals surface area (Å²) in [6.45, 7) is 1.95. The lowest BCUT2D eigenvalue weighted by atomic mass is 9.85. The highest BCUT2D eigenvalue weighted by molar-refractivity contribution is 5.50. The van der Waals surface area contributed by atoms with Crippen LogP contribution < -0.4 is 19.9 Å². The molecule has 0 heterocycles. The van der Waals surface area contributed by atoms with E-state index in [0.29, 0.717) is 5.75 Å². The minimum Gasteiger partial charge on any atom is -0.497 e. The van der Waals surface area contributed by atoms with E-state index < -0.39 is 5.54 Å². The third kappa shape index (κ3) is 2.95. The number of methoxy groups -OCH3 is 3. The van der Waals surface area contributed by atoms with Crippen molar-refractivity contribution >= 4 is 0 Å². The maximum absolute atomic E-state index is 6.57. The van der Waals surface area contributed by atoms with Crippen molar-refractivity contribution in [1.82, 2.24) is 0 Å². The van der Waals surface area contributed by atoms with Crippen LogP contribution in [0.25, 0.3) is 0 Å². The van der Waals surface area contributed by atoms with Crippen LogP contribution in [0.15, 0.2) is 42.5 Å². The fourth-order valence-corrected chi connectivity index (χ4v) is 2.33. The molecule has 0 fully saturated rings. The molecule has 0 amide bonds. The molecule has 2 rings (SSSR count). The highest BCUT2D eigenvalue weighted by Crippen LogP contribution is 2.36. The van der Waals surface area contributed by atoms with E-state index in [2.05, 4.69) is 0 Å². The predicted molar refractivity (Wildman–Crippen MR) is 83.2 cm³/mol. The normalized spacial score (nSPS) is 13.4. The zero-order chi connectivity index (χ0) is 15.5. The van der Waals surface area contributed by atoms with Crippen molar-refractivity contribution in [1.29, 1.82) is 0 Å². The number of rotatable bonds is 5. The SMILES string of the molecule is COc1cccc(C(C)(N)c2ccc(OC)cc2OC)c1. The van der Waals surface area contributed by atoms with Crippen LogP contribution in [0.4, 0.5) is 0 Å². The quantitative estimate of drug-likeness (QED) is 0.918. The average Bonchev–Trinajstić information content (AvgIpc) is 2.54. The van der Waals surface area contributed by atoms with E-state index in [9.17, 15) is 0 Å². The van der Waals surface area contributed by atoms with Crippen LogP contribution in [0.3, 0.4) is 0 Å². The number of nitrogens with two attached hydrogens (primary N) is 1. The summed E-state index contributed by atoms with van der Waals surface area (Å²) in [5.41, 5.74) is 7.71. The van der Waals surface area contributed by atoms with E-state index in [0.717, 1.165) is 22.6 Å². The first-order valence-electron chi connectivity index (χ1n) is 6.69. The summed E-state index contributed by atoms with van der Waals surface area (Å²) in [5.74, 6) is 2.20. The number of hydrogen-bond acceptors (Lipinski definition) is 4. The fourth-order valence-electron chi connectivity index (χ4n) is 2.33. The van der Waals surface area contributed by atoms with E-state index in [1.54, 1.807) is 21.3 Å². The van der Waals surface area contributed by atoms with Crippen molar-refractivity contribution in [3.63, 3.8) is 0 Å². The molecule has 4 nitrogen and oxygen atoms in total. The topological polar surface area (TPSA) is 53.7 Å². The van der Waals surface area contributed by atoms with Crippen molar-refractivity contribution in [2.75, 3.05) is 21.3 Å². The van der Waals surface area contributed by atoms with Gasteiger partial charge in [0.2, 0.25) is 0 Å². The zero-order valence-electron chi connectivity index (χ0n) is 12.8. The predicted octanol–water partition coefficient (Wildman–Crippen LogP) is 2.93. The summed E-state index contributed by atoms with van der Waals surface area (Å²) >= 11 is 0. The third-order valence-corrected chi connectivity index (χ3v) is 3.64. The average molecular weight is 287 g/mol. The van der Waals surface area contributed by atoms with Gasteiger partial charge in [0.05, 0.1) is 26.9 Å². The molecular formula is C17H21NO3. The van der Waals surface area contributed by atoms with E-state index in [-0.39, 0.29) is 0 Å². The van der Waals surface area contributed by atoms with Crippen LogP contribution in [0.1, 0.15) is 18.1 Å². The molecule has 0 aliphatic rings. The minimum absolute atomic E-state index is 0.696. The molecule has 112 valence electrons. The Labute approximate surface area is 125 Å². The molecule has 1 atom stereocenters. The first-order chi connectivity index (χ1) is 10.0. The summed E-state index contributed by atoms with van der Waals surface area (Å²) in [6.07, 6.45) is 0. The molecule has 0 bridgehead atoms. The van der Waals surface area contributed by atoms with Gasteiger partial charge in [-0.1, -0.05) is 12.1 Å².